The Balaban J connectivity index is 1.59. The van der Waals surface area contributed by atoms with E-state index in [0.29, 0.717) is 5.56 Å². The summed E-state index contributed by atoms with van der Waals surface area (Å²) in [6, 6.07) is 25.7. The summed E-state index contributed by atoms with van der Waals surface area (Å²) in [5.41, 5.74) is 0.836. The van der Waals surface area contributed by atoms with Crippen LogP contribution in [-0.4, -0.2) is 75.0 Å². The molecule has 0 saturated carbocycles. The second kappa shape index (κ2) is 14.4. The fraction of sp³-hybridized carbons (Fsp3) is 0.344. The molecule has 0 radical (unpaired) electrons. The van der Waals surface area contributed by atoms with Crippen LogP contribution in [0.1, 0.15) is 31.1 Å². The smallest absolute Gasteiger partial charge is 0.338 e. The van der Waals surface area contributed by atoms with Crippen molar-refractivity contribution in [2.24, 2.45) is 0 Å². The number of rotatable bonds is 11. The number of carbonyl (C=O) groups excluding carboxylic acids is 3. The molecule has 1 fully saturated rings. The fourth-order valence-corrected chi connectivity index (χ4v) is 4.99. The summed E-state index contributed by atoms with van der Waals surface area (Å²) in [4.78, 5) is 38.8. The third-order valence-electron chi connectivity index (χ3n) is 6.64. The molecule has 5 atom stereocenters. The molecular weight excluding hydrogens is 556 g/mol. The van der Waals surface area contributed by atoms with Crippen molar-refractivity contribution in [3.63, 3.8) is 0 Å². The molecule has 0 spiro atoms. The van der Waals surface area contributed by atoms with Crippen LogP contribution < -0.4 is 0 Å². The third kappa shape index (κ3) is 8.59. The first-order valence-electron chi connectivity index (χ1n) is 13.8. The Morgan fingerprint density at radius 2 is 1.17 bits per heavy atom. The van der Waals surface area contributed by atoms with Crippen molar-refractivity contribution in [1.29, 1.82) is 0 Å². The Bertz CT molecular complexity index is 1310. The van der Waals surface area contributed by atoms with E-state index in [-0.39, 0.29) is 24.3 Å². The average Bonchev–Trinajstić information content (AvgIpc) is 2.99. The average molecular weight is 593 g/mol. The minimum atomic E-state index is -1.56. The van der Waals surface area contributed by atoms with E-state index in [1.54, 1.807) is 91.0 Å². The Morgan fingerprint density at radius 3 is 1.64 bits per heavy atom. The first-order valence-corrected chi connectivity index (χ1v) is 17.5. The van der Waals surface area contributed by atoms with Gasteiger partial charge in [0.15, 0.2) is 18.5 Å². The van der Waals surface area contributed by atoms with Gasteiger partial charge >= 0.3 is 17.9 Å². The number of esters is 3. The van der Waals surface area contributed by atoms with E-state index in [4.69, 9.17) is 23.7 Å². The van der Waals surface area contributed by atoms with Gasteiger partial charge in [0.1, 0.15) is 18.8 Å². The second-order valence-corrected chi connectivity index (χ2v) is 16.8. The van der Waals surface area contributed by atoms with Crippen molar-refractivity contribution in [2.45, 2.75) is 56.4 Å². The van der Waals surface area contributed by atoms with E-state index in [2.05, 4.69) is 19.6 Å². The molecule has 3 aromatic carbocycles. The highest BCUT2D eigenvalue weighted by molar-refractivity contribution is 6.76. The van der Waals surface area contributed by atoms with Gasteiger partial charge in [-0.2, -0.15) is 0 Å². The highest BCUT2D eigenvalue weighted by Gasteiger charge is 2.50. The van der Waals surface area contributed by atoms with E-state index in [1.165, 1.54) is 0 Å². The zero-order valence-electron chi connectivity index (χ0n) is 23.9. The molecule has 1 aliphatic heterocycles. The molecule has 0 aliphatic carbocycles. The van der Waals surface area contributed by atoms with Crippen LogP contribution in [0.15, 0.2) is 91.0 Å². The predicted octanol–water partition coefficient (Wildman–Crippen LogP) is 4.74. The normalized spacial score (nSPS) is 22.1. The number of ether oxygens (including phenoxy) is 5. The first kappa shape index (κ1) is 31.1. The molecule has 222 valence electrons. The molecule has 3 aromatic rings. The predicted molar refractivity (Wildman–Crippen MR) is 157 cm³/mol. The van der Waals surface area contributed by atoms with E-state index < -0.39 is 56.7 Å². The Morgan fingerprint density at radius 1 is 0.714 bits per heavy atom. The lowest BCUT2D eigenvalue weighted by atomic mass is 9.98. The molecule has 10 heteroatoms. The number of hydrogen-bond acceptors (Lipinski definition) is 9. The van der Waals surface area contributed by atoms with Crippen LogP contribution in [-0.2, 0) is 23.7 Å². The van der Waals surface area contributed by atoms with Crippen molar-refractivity contribution in [3.8, 4) is 0 Å². The van der Waals surface area contributed by atoms with Crippen LogP contribution >= 0.6 is 0 Å². The molecule has 1 N–H and O–H groups in total. The molecule has 0 unspecified atom stereocenters. The number of hydrogen-bond donors (Lipinski definition) is 1. The fourth-order valence-electron chi connectivity index (χ4n) is 4.26. The van der Waals surface area contributed by atoms with Gasteiger partial charge in [-0.3, -0.25) is 0 Å². The van der Waals surface area contributed by atoms with E-state index in [9.17, 15) is 19.5 Å². The van der Waals surface area contributed by atoms with Crippen molar-refractivity contribution in [1.82, 2.24) is 0 Å². The topological polar surface area (TPSA) is 118 Å². The molecule has 0 bridgehead atoms. The minimum absolute atomic E-state index is 0.246. The number of aliphatic hydroxyl groups is 1. The summed E-state index contributed by atoms with van der Waals surface area (Å²) < 4.78 is 29.1. The van der Waals surface area contributed by atoms with Crippen LogP contribution in [0.4, 0.5) is 0 Å². The summed E-state index contributed by atoms with van der Waals surface area (Å²) in [6.07, 6.45) is -6.59. The molecule has 4 rings (SSSR count). The van der Waals surface area contributed by atoms with Gasteiger partial charge in [0.05, 0.1) is 16.7 Å². The van der Waals surface area contributed by atoms with E-state index in [1.807, 2.05) is 0 Å². The second-order valence-electron chi connectivity index (χ2n) is 11.2. The summed E-state index contributed by atoms with van der Waals surface area (Å²) in [7, 11) is -1.51. The Kier molecular flexibility index (Phi) is 10.6. The minimum Gasteiger partial charge on any atom is -0.459 e. The maximum absolute atomic E-state index is 13.0. The van der Waals surface area contributed by atoms with Gasteiger partial charge in [-0.1, -0.05) is 74.2 Å². The number of carbonyl (C=O) groups is 3. The van der Waals surface area contributed by atoms with Gasteiger partial charge in [0.2, 0.25) is 0 Å². The van der Waals surface area contributed by atoms with Gasteiger partial charge < -0.3 is 28.8 Å². The molecule has 1 saturated heterocycles. The quantitative estimate of drug-likeness (QED) is 0.191. The first-order chi connectivity index (χ1) is 20.1. The lowest BCUT2D eigenvalue weighted by Gasteiger charge is -2.43. The van der Waals surface area contributed by atoms with Crippen LogP contribution in [0, 0.1) is 0 Å². The van der Waals surface area contributed by atoms with Gasteiger partial charge in [0.25, 0.3) is 0 Å². The molecule has 1 heterocycles. The Labute approximate surface area is 246 Å². The maximum Gasteiger partial charge on any atom is 0.338 e. The largest absolute Gasteiger partial charge is 0.459 e. The van der Waals surface area contributed by atoms with Gasteiger partial charge in [-0.15, -0.1) is 0 Å². The van der Waals surface area contributed by atoms with Crippen molar-refractivity contribution >= 4 is 26.0 Å². The summed E-state index contributed by atoms with van der Waals surface area (Å²) in [5.74, 6) is -2.05. The van der Waals surface area contributed by atoms with Crippen molar-refractivity contribution in [2.75, 3.05) is 13.2 Å². The van der Waals surface area contributed by atoms with Crippen LogP contribution in [0.25, 0.3) is 0 Å². The van der Waals surface area contributed by atoms with Gasteiger partial charge in [0, 0.05) is 14.7 Å². The van der Waals surface area contributed by atoms with Crippen LogP contribution in [0.3, 0.4) is 0 Å². The molecular formula is C32H36O9Si. The van der Waals surface area contributed by atoms with Crippen molar-refractivity contribution in [3.05, 3.63) is 108 Å². The standard InChI is InChI=1S/C32H36O9Si/c1-42(2,3)20-19-37-32-28(41-31(36)24-17-11-6-12-18-24)26(33)27(40-30(35)23-15-9-5-10-16-23)25(39-32)21-38-29(34)22-13-7-4-8-14-22/h4-18,25-28,32-33H,19-21H2,1-3H3/t25-,26+,27+,28-,32-/m1/s1. The summed E-state index contributed by atoms with van der Waals surface area (Å²) in [5, 5.41) is 11.6. The monoisotopic (exact) mass is 592 g/mol. The zero-order chi connectivity index (χ0) is 30.1. The lowest BCUT2D eigenvalue weighted by molar-refractivity contribution is -0.298. The Hall–Kier alpha value is -3.83. The highest BCUT2D eigenvalue weighted by Crippen LogP contribution is 2.29. The van der Waals surface area contributed by atoms with Gasteiger partial charge in [-0.05, 0) is 42.4 Å². The van der Waals surface area contributed by atoms with Gasteiger partial charge in [-0.25, -0.2) is 14.4 Å². The van der Waals surface area contributed by atoms with Crippen LogP contribution in [0.2, 0.25) is 25.7 Å². The SMILES string of the molecule is C[Si](C)(C)CCO[C@@H]1O[C@H](COC(=O)c2ccccc2)[C@H](OC(=O)c2ccccc2)[C@H](O)[C@H]1OC(=O)c1ccccc1. The molecule has 1 aliphatic rings. The lowest BCUT2D eigenvalue weighted by Crippen LogP contribution is -2.62. The van der Waals surface area contributed by atoms with E-state index >= 15 is 0 Å². The zero-order valence-corrected chi connectivity index (χ0v) is 24.9. The van der Waals surface area contributed by atoms with Crippen molar-refractivity contribution < 1.29 is 43.2 Å². The highest BCUT2D eigenvalue weighted by atomic mass is 28.3. The van der Waals surface area contributed by atoms with Crippen LogP contribution in [0.5, 0.6) is 0 Å². The molecule has 9 nitrogen and oxygen atoms in total. The summed E-state index contributed by atoms with van der Waals surface area (Å²) in [6.45, 7) is 6.49. The number of benzene rings is 3. The molecule has 0 amide bonds. The summed E-state index contributed by atoms with van der Waals surface area (Å²) >= 11 is 0. The third-order valence-corrected chi connectivity index (χ3v) is 8.35. The molecule has 0 aromatic heterocycles. The van der Waals surface area contributed by atoms with E-state index in [0.717, 1.165) is 6.04 Å². The number of aliphatic hydroxyl groups excluding tert-OH is 1. The molecule has 42 heavy (non-hydrogen) atoms. The maximum atomic E-state index is 13.0.